The molecule has 2 aromatic rings. The molecule has 11 heteroatoms. The van der Waals surface area contributed by atoms with Crippen molar-refractivity contribution in [3.63, 3.8) is 0 Å². The lowest BCUT2D eigenvalue weighted by Gasteiger charge is -2.20. The fourth-order valence-electron chi connectivity index (χ4n) is 3.21. The van der Waals surface area contributed by atoms with Crippen molar-refractivity contribution in [2.75, 3.05) is 33.9 Å². The number of rotatable bonds is 13. The lowest BCUT2D eigenvalue weighted by atomic mass is 10.1. The second kappa shape index (κ2) is 15.2. The summed E-state index contributed by atoms with van der Waals surface area (Å²) in [6.07, 6.45) is 0.672. The van der Waals surface area contributed by atoms with Gasteiger partial charge < -0.3 is 29.6 Å². The van der Waals surface area contributed by atoms with Gasteiger partial charge in [-0.3, -0.25) is 4.79 Å². The second-order valence-electron chi connectivity index (χ2n) is 7.56. The monoisotopic (exact) mass is 540 g/mol. The van der Waals surface area contributed by atoms with Crippen LogP contribution in [0.3, 0.4) is 0 Å². The SMILES string of the molecule is CCOC(=O)Oc1c(C(=O)NC(Cc2ccccc2)C(=O)OC)cc(Cl)c(OCCCCNC)c1Cl. The molecule has 0 radical (unpaired) electrons. The molecule has 1 atom stereocenters. The number of halogens is 2. The number of hydrogen-bond acceptors (Lipinski definition) is 8. The maximum absolute atomic E-state index is 13.3. The summed E-state index contributed by atoms with van der Waals surface area (Å²) >= 11 is 12.9. The fraction of sp³-hybridized carbons (Fsp3) is 0.400. The van der Waals surface area contributed by atoms with E-state index >= 15 is 0 Å². The van der Waals surface area contributed by atoms with Gasteiger partial charge in [0, 0.05) is 6.42 Å². The van der Waals surface area contributed by atoms with Gasteiger partial charge in [-0.25, -0.2) is 9.59 Å². The second-order valence-corrected chi connectivity index (χ2v) is 8.35. The first-order valence-corrected chi connectivity index (χ1v) is 12.1. The Morgan fingerprint density at radius 1 is 1.06 bits per heavy atom. The number of nitrogens with one attached hydrogen (secondary N) is 2. The number of unbranched alkanes of at least 4 members (excludes halogenated alkanes) is 1. The van der Waals surface area contributed by atoms with Crippen LogP contribution in [0.4, 0.5) is 4.79 Å². The highest BCUT2D eigenvalue weighted by Crippen LogP contribution is 2.43. The van der Waals surface area contributed by atoms with E-state index in [9.17, 15) is 14.4 Å². The number of carbonyl (C=O) groups is 3. The van der Waals surface area contributed by atoms with Gasteiger partial charge in [-0.2, -0.15) is 0 Å². The van der Waals surface area contributed by atoms with Gasteiger partial charge in [-0.15, -0.1) is 0 Å². The summed E-state index contributed by atoms with van der Waals surface area (Å²) in [6.45, 7) is 2.75. The van der Waals surface area contributed by atoms with Crippen molar-refractivity contribution in [2.24, 2.45) is 0 Å². The van der Waals surface area contributed by atoms with Gasteiger partial charge in [0.15, 0.2) is 11.5 Å². The lowest BCUT2D eigenvalue weighted by Crippen LogP contribution is -2.43. The van der Waals surface area contributed by atoms with Crippen molar-refractivity contribution in [1.82, 2.24) is 10.6 Å². The third-order valence-electron chi connectivity index (χ3n) is 4.96. The molecule has 0 bridgehead atoms. The summed E-state index contributed by atoms with van der Waals surface area (Å²) in [6, 6.07) is 9.32. The lowest BCUT2D eigenvalue weighted by molar-refractivity contribution is -0.142. The minimum Gasteiger partial charge on any atom is -0.490 e. The van der Waals surface area contributed by atoms with E-state index in [0.717, 1.165) is 18.5 Å². The normalized spacial score (nSPS) is 11.4. The summed E-state index contributed by atoms with van der Waals surface area (Å²) in [5, 5.41) is 5.51. The zero-order chi connectivity index (χ0) is 26.5. The van der Waals surface area contributed by atoms with Crippen LogP contribution in [0.15, 0.2) is 36.4 Å². The van der Waals surface area contributed by atoms with E-state index in [0.29, 0.717) is 13.0 Å². The van der Waals surface area contributed by atoms with Gasteiger partial charge in [-0.1, -0.05) is 53.5 Å². The molecule has 1 unspecified atom stereocenters. The van der Waals surface area contributed by atoms with E-state index in [4.69, 9.17) is 42.1 Å². The molecule has 2 rings (SSSR count). The Kier molecular flexibility index (Phi) is 12.3. The average molecular weight is 541 g/mol. The van der Waals surface area contributed by atoms with E-state index in [1.165, 1.54) is 13.2 Å². The van der Waals surface area contributed by atoms with Gasteiger partial charge in [-0.05, 0) is 45.0 Å². The molecule has 0 aliphatic rings. The van der Waals surface area contributed by atoms with Gasteiger partial charge in [0.2, 0.25) is 0 Å². The number of amides is 1. The van der Waals surface area contributed by atoms with E-state index in [2.05, 4.69) is 10.6 Å². The number of hydrogen-bond donors (Lipinski definition) is 2. The summed E-state index contributed by atoms with van der Waals surface area (Å²) < 4.78 is 20.7. The van der Waals surface area contributed by atoms with Crippen LogP contribution in [0, 0.1) is 0 Å². The summed E-state index contributed by atoms with van der Waals surface area (Å²) in [5.74, 6) is -1.65. The number of ether oxygens (including phenoxy) is 4. The Morgan fingerprint density at radius 2 is 1.78 bits per heavy atom. The van der Waals surface area contributed by atoms with Crippen LogP contribution >= 0.6 is 23.2 Å². The molecular formula is C25H30Cl2N2O7. The molecule has 2 N–H and O–H groups in total. The molecule has 0 aliphatic heterocycles. The van der Waals surface area contributed by atoms with Crippen molar-refractivity contribution in [3.8, 4) is 11.5 Å². The summed E-state index contributed by atoms with van der Waals surface area (Å²) in [7, 11) is 3.07. The largest absolute Gasteiger partial charge is 0.513 e. The van der Waals surface area contributed by atoms with Crippen LogP contribution < -0.4 is 20.1 Å². The first-order valence-electron chi connectivity index (χ1n) is 11.4. The Hall–Kier alpha value is -3.01. The van der Waals surface area contributed by atoms with Crippen LogP contribution in [0.2, 0.25) is 10.0 Å². The van der Waals surface area contributed by atoms with Crippen molar-refractivity contribution < 1.29 is 33.3 Å². The molecule has 0 aliphatic carbocycles. The van der Waals surface area contributed by atoms with Crippen LogP contribution in [0.5, 0.6) is 11.5 Å². The van der Waals surface area contributed by atoms with Crippen LogP contribution in [-0.2, 0) is 20.7 Å². The number of carbonyl (C=O) groups excluding carboxylic acids is 3. The molecule has 9 nitrogen and oxygen atoms in total. The highest BCUT2D eigenvalue weighted by Gasteiger charge is 2.29. The van der Waals surface area contributed by atoms with E-state index < -0.39 is 24.1 Å². The zero-order valence-electron chi connectivity index (χ0n) is 20.4. The van der Waals surface area contributed by atoms with E-state index in [1.807, 2.05) is 37.4 Å². The topological polar surface area (TPSA) is 112 Å². The summed E-state index contributed by atoms with van der Waals surface area (Å²) in [5.41, 5.74) is 0.622. The highest BCUT2D eigenvalue weighted by atomic mass is 35.5. The average Bonchev–Trinajstić information content (AvgIpc) is 2.87. The molecule has 0 saturated heterocycles. The van der Waals surface area contributed by atoms with Crippen LogP contribution in [-0.4, -0.2) is 58.0 Å². The Labute approximate surface area is 220 Å². The van der Waals surface area contributed by atoms with E-state index in [1.54, 1.807) is 6.92 Å². The van der Waals surface area contributed by atoms with Gasteiger partial charge in [0.1, 0.15) is 11.1 Å². The van der Waals surface area contributed by atoms with E-state index in [-0.39, 0.29) is 40.1 Å². The minimum atomic E-state index is -1.07. The Balaban J connectivity index is 2.36. The van der Waals surface area contributed by atoms with Crippen LogP contribution in [0.25, 0.3) is 0 Å². The smallest absolute Gasteiger partial charge is 0.490 e. The first-order chi connectivity index (χ1) is 17.3. The van der Waals surface area contributed by atoms with Gasteiger partial charge in [0.05, 0.1) is 30.9 Å². The van der Waals surface area contributed by atoms with Crippen molar-refractivity contribution in [2.45, 2.75) is 32.2 Å². The molecule has 0 saturated carbocycles. The van der Waals surface area contributed by atoms with Gasteiger partial charge >= 0.3 is 12.1 Å². The Morgan fingerprint density at radius 3 is 2.42 bits per heavy atom. The molecule has 1 amide bonds. The summed E-state index contributed by atoms with van der Waals surface area (Å²) in [4.78, 5) is 37.7. The fourth-order valence-corrected chi connectivity index (χ4v) is 3.82. The molecule has 0 spiro atoms. The van der Waals surface area contributed by atoms with Gasteiger partial charge in [0.25, 0.3) is 5.91 Å². The molecule has 0 heterocycles. The molecule has 0 fully saturated rings. The number of methoxy groups -OCH3 is 1. The molecule has 2 aromatic carbocycles. The number of esters is 1. The van der Waals surface area contributed by atoms with Crippen LogP contribution in [0.1, 0.15) is 35.7 Å². The van der Waals surface area contributed by atoms with Crippen molar-refractivity contribution in [1.29, 1.82) is 0 Å². The third kappa shape index (κ3) is 8.58. The zero-order valence-corrected chi connectivity index (χ0v) is 21.9. The molecule has 0 aromatic heterocycles. The standard InChI is InChI=1S/C25H30Cl2N2O7/c1-4-34-25(32)36-21-17(15-18(26)22(20(21)27)35-13-9-8-12-28-2)23(30)29-19(24(31)33-3)14-16-10-6-5-7-11-16/h5-7,10-11,15,19,28H,4,8-9,12-14H2,1-3H3,(H,29,30). The minimum absolute atomic E-state index is 0.0349. The Bertz CT molecular complexity index is 1030. The number of benzene rings is 2. The predicted molar refractivity (Wildman–Crippen MR) is 136 cm³/mol. The first kappa shape index (κ1) is 29.2. The maximum Gasteiger partial charge on any atom is 0.513 e. The van der Waals surface area contributed by atoms with Crippen molar-refractivity contribution >= 4 is 41.2 Å². The molecular weight excluding hydrogens is 511 g/mol. The third-order valence-corrected chi connectivity index (χ3v) is 5.59. The predicted octanol–water partition coefficient (Wildman–Crippen LogP) is 4.42. The quantitative estimate of drug-likeness (QED) is 0.218. The molecule has 196 valence electrons. The maximum atomic E-state index is 13.3. The molecule has 36 heavy (non-hydrogen) atoms. The highest BCUT2D eigenvalue weighted by molar-refractivity contribution is 6.39. The van der Waals surface area contributed by atoms with Crippen molar-refractivity contribution in [3.05, 3.63) is 57.6 Å².